The smallest absolute Gasteiger partial charge is 0.236 e. The molecule has 0 aromatic carbocycles. The largest absolute Gasteiger partial charge is 0.462 e. The molecule has 0 spiro atoms. The first-order chi connectivity index (χ1) is 8.16. The molecule has 2 rings (SSSR count). The number of hydrogen-bond donors (Lipinski definition) is 2. The second-order valence-electron chi connectivity index (χ2n) is 3.63. The second kappa shape index (κ2) is 6.53. The lowest BCUT2D eigenvalue weighted by Crippen LogP contribution is -2.37. The van der Waals surface area contributed by atoms with Crippen molar-refractivity contribution in [1.29, 1.82) is 0 Å². The molecular weight excluding hydrogens is 274 g/mol. The molecule has 98 valence electrons. The van der Waals surface area contributed by atoms with Crippen LogP contribution in [-0.2, 0) is 11.3 Å². The van der Waals surface area contributed by atoms with E-state index in [4.69, 9.17) is 10.2 Å². The number of rotatable bonds is 4. The van der Waals surface area contributed by atoms with Gasteiger partial charge in [-0.3, -0.25) is 4.79 Å². The van der Waals surface area contributed by atoms with E-state index in [1.165, 1.54) is 11.3 Å². The highest BCUT2D eigenvalue weighted by Gasteiger charge is 2.09. The molecule has 0 fully saturated rings. The van der Waals surface area contributed by atoms with Crippen LogP contribution in [0.15, 0.2) is 28.2 Å². The van der Waals surface area contributed by atoms with Crippen molar-refractivity contribution in [1.82, 2.24) is 10.3 Å². The highest BCUT2D eigenvalue weighted by molar-refractivity contribution is 7.13. The molecule has 0 aliphatic rings. The minimum absolute atomic E-state index is 0. The van der Waals surface area contributed by atoms with Crippen LogP contribution >= 0.6 is 23.7 Å². The summed E-state index contributed by atoms with van der Waals surface area (Å²) in [5.74, 6) is 0.553. The number of amides is 1. The average molecular weight is 288 g/mol. The summed E-state index contributed by atoms with van der Waals surface area (Å²) < 4.78 is 5.24. The maximum Gasteiger partial charge on any atom is 0.236 e. The van der Waals surface area contributed by atoms with Gasteiger partial charge in [-0.05, 0) is 19.1 Å². The third-order valence-electron chi connectivity index (χ3n) is 2.14. The molecule has 0 unspecified atom stereocenters. The van der Waals surface area contributed by atoms with Gasteiger partial charge in [0.05, 0.1) is 24.5 Å². The van der Waals surface area contributed by atoms with Crippen LogP contribution in [0.2, 0.25) is 0 Å². The van der Waals surface area contributed by atoms with Crippen LogP contribution in [0.5, 0.6) is 0 Å². The zero-order valence-corrected chi connectivity index (χ0v) is 11.4. The second-order valence-corrected chi connectivity index (χ2v) is 4.49. The van der Waals surface area contributed by atoms with Crippen molar-refractivity contribution in [3.63, 3.8) is 0 Å². The number of nitrogens with one attached hydrogen (secondary N) is 1. The molecule has 0 radical (unpaired) electrons. The maximum atomic E-state index is 11.3. The summed E-state index contributed by atoms with van der Waals surface area (Å²) >= 11 is 1.48. The first kappa shape index (κ1) is 14.7. The lowest BCUT2D eigenvalue weighted by molar-refractivity contribution is -0.122. The quantitative estimate of drug-likeness (QED) is 0.898. The lowest BCUT2D eigenvalue weighted by atomic mass is 10.3. The van der Waals surface area contributed by atoms with E-state index >= 15 is 0 Å². The Morgan fingerprint density at radius 2 is 2.44 bits per heavy atom. The fourth-order valence-corrected chi connectivity index (χ4v) is 2.03. The molecule has 0 aliphatic heterocycles. The van der Waals surface area contributed by atoms with Crippen LogP contribution in [0.1, 0.15) is 12.6 Å². The summed E-state index contributed by atoms with van der Waals surface area (Å²) in [7, 11) is 0. The monoisotopic (exact) mass is 287 g/mol. The third kappa shape index (κ3) is 3.56. The molecule has 2 aromatic heterocycles. The zero-order chi connectivity index (χ0) is 12.3. The highest BCUT2D eigenvalue weighted by Crippen LogP contribution is 2.23. The van der Waals surface area contributed by atoms with Gasteiger partial charge in [-0.2, -0.15) is 0 Å². The number of carbonyl (C=O) groups is 1. The number of thiazole rings is 1. The van der Waals surface area contributed by atoms with Crippen molar-refractivity contribution in [2.24, 2.45) is 5.73 Å². The van der Waals surface area contributed by atoms with Crippen molar-refractivity contribution >= 4 is 29.7 Å². The summed E-state index contributed by atoms with van der Waals surface area (Å²) in [6, 6.07) is 3.16. The van der Waals surface area contributed by atoms with Crippen LogP contribution in [0.3, 0.4) is 0 Å². The number of halogens is 1. The fourth-order valence-electron chi connectivity index (χ4n) is 1.24. The number of carbonyl (C=O) groups excluding carboxylic acids is 1. The molecule has 1 atom stereocenters. The maximum absolute atomic E-state index is 11.3. The summed E-state index contributed by atoms with van der Waals surface area (Å²) in [6.07, 6.45) is 1.61. The molecule has 0 bridgehead atoms. The third-order valence-corrected chi connectivity index (χ3v) is 3.05. The number of nitrogens with zero attached hydrogens (tertiary/aromatic N) is 1. The Morgan fingerprint density at radius 3 is 3.06 bits per heavy atom. The fraction of sp³-hybridized carbons (Fsp3) is 0.273. The molecule has 0 aliphatic carbocycles. The predicted molar refractivity (Wildman–Crippen MR) is 72.6 cm³/mol. The Morgan fingerprint density at radius 1 is 1.67 bits per heavy atom. The van der Waals surface area contributed by atoms with Crippen molar-refractivity contribution in [3.05, 3.63) is 29.5 Å². The van der Waals surface area contributed by atoms with E-state index in [1.54, 1.807) is 13.2 Å². The van der Waals surface area contributed by atoms with Crippen LogP contribution < -0.4 is 11.1 Å². The van der Waals surface area contributed by atoms with Gasteiger partial charge < -0.3 is 15.5 Å². The topological polar surface area (TPSA) is 81.2 Å². The summed E-state index contributed by atoms with van der Waals surface area (Å²) in [6.45, 7) is 2.03. The van der Waals surface area contributed by atoms with Gasteiger partial charge in [-0.25, -0.2) is 4.98 Å². The van der Waals surface area contributed by atoms with E-state index < -0.39 is 6.04 Å². The SMILES string of the molecule is C[C@@H](N)C(=O)NCc1csc(-c2ccco2)n1.Cl. The van der Waals surface area contributed by atoms with E-state index in [0.717, 1.165) is 16.5 Å². The van der Waals surface area contributed by atoms with Crippen molar-refractivity contribution in [3.8, 4) is 10.8 Å². The molecule has 3 N–H and O–H groups in total. The molecule has 2 aromatic rings. The van der Waals surface area contributed by atoms with Crippen LogP contribution in [0.25, 0.3) is 10.8 Å². The van der Waals surface area contributed by atoms with Crippen LogP contribution in [0, 0.1) is 0 Å². The van der Waals surface area contributed by atoms with Crippen molar-refractivity contribution < 1.29 is 9.21 Å². The van der Waals surface area contributed by atoms with Crippen molar-refractivity contribution in [2.45, 2.75) is 19.5 Å². The van der Waals surface area contributed by atoms with Gasteiger partial charge >= 0.3 is 0 Å². The molecule has 7 heteroatoms. The van der Waals surface area contributed by atoms with Gasteiger partial charge in [-0.1, -0.05) is 0 Å². The Kier molecular flexibility index (Phi) is 5.33. The summed E-state index contributed by atoms with van der Waals surface area (Å²) in [5.41, 5.74) is 6.24. The number of nitrogens with two attached hydrogens (primary N) is 1. The Balaban J connectivity index is 0.00000162. The Bertz CT molecular complexity index is 496. The zero-order valence-electron chi connectivity index (χ0n) is 9.75. The van der Waals surface area contributed by atoms with E-state index in [9.17, 15) is 4.79 Å². The first-order valence-corrected chi connectivity index (χ1v) is 6.06. The lowest BCUT2D eigenvalue weighted by Gasteiger charge is -2.05. The molecule has 5 nitrogen and oxygen atoms in total. The summed E-state index contributed by atoms with van der Waals surface area (Å²) in [4.78, 5) is 15.6. The molecular formula is C11H14ClN3O2S. The molecule has 2 heterocycles. The van der Waals surface area contributed by atoms with Crippen LogP contribution in [0.4, 0.5) is 0 Å². The number of furan rings is 1. The van der Waals surface area contributed by atoms with Gasteiger partial charge in [0.25, 0.3) is 0 Å². The van der Waals surface area contributed by atoms with Crippen LogP contribution in [-0.4, -0.2) is 16.9 Å². The van der Waals surface area contributed by atoms with E-state index in [2.05, 4.69) is 10.3 Å². The molecule has 0 saturated heterocycles. The standard InChI is InChI=1S/C11H13N3O2S.ClH/c1-7(12)10(15)13-5-8-6-17-11(14-8)9-3-2-4-16-9;/h2-4,6-7H,5,12H2,1H3,(H,13,15);1H/t7-;/m1./s1. The van der Waals surface area contributed by atoms with Gasteiger partial charge in [0, 0.05) is 5.38 Å². The van der Waals surface area contributed by atoms with Gasteiger partial charge in [0.1, 0.15) is 0 Å². The van der Waals surface area contributed by atoms with E-state index in [-0.39, 0.29) is 18.3 Å². The molecule has 1 amide bonds. The van der Waals surface area contributed by atoms with Gasteiger partial charge in [0.2, 0.25) is 5.91 Å². The minimum Gasteiger partial charge on any atom is -0.462 e. The normalized spacial score (nSPS) is 11.7. The molecule has 0 saturated carbocycles. The Hall–Kier alpha value is -1.37. The predicted octanol–water partition coefficient (Wildman–Crippen LogP) is 1.79. The average Bonchev–Trinajstić information content (AvgIpc) is 2.95. The minimum atomic E-state index is -0.502. The number of hydrogen-bond acceptors (Lipinski definition) is 5. The van der Waals surface area contributed by atoms with Gasteiger partial charge in [-0.15, -0.1) is 23.7 Å². The number of aromatic nitrogens is 1. The van der Waals surface area contributed by atoms with E-state index in [0.29, 0.717) is 6.54 Å². The van der Waals surface area contributed by atoms with Crippen molar-refractivity contribution in [2.75, 3.05) is 0 Å². The Labute approximate surface area is 115 Å². The van der Waals surface area contributed by atoms with E-state index in [1.807, 2.05) is 17.5 Å². The molecule has 18 heavy (non-hydrogen) atoms. The first-order valence-electron chi connectivity index (χ1n) is 5.18. The highest BCUT2D eigenvalue weighted by atomic mass is 35.5. The summed E-state index contributed by atoms with van der Waals surface area (Å²) in [5, 5.41) is 5.40. The van der Waals surface area contributed by atoms with Gasteiger partial charge in [0.15, 0.2) is 10.8 Å².